The lowest BCUT2D eigenvalue weighted by atomic mass is 10.2. The first kappa shape index (κ1) is 16.4. The molecule has 2 heterocycles. The maximum absolute atomic E-state index is 12.2. The maximum Gasteiger partial charge on any atom is 0.335 e. The molecule has 0 aliphatic heterocycles. The molecule has 2 aromatic heterocycles. The van der Waals surface area contributed by atoms with E-state index in [0.29, 0.717) is 5.75 Å². The van der Waals surface area contributed by atoms with E-state index in [0.717, 1.165) is 34.5 Å². The summed E-state index contributed by atoms with van der Waals surface area (Å²) in [6.45, 7) is 2.08. The highest BCUT2D eigenvalue weighted by Gasteiger charge is 2.10. The van der Waals surface area contributed by atoms with Gasteiger partial charge in [0.1, 0.15) is 5.65 Å². The lowest BCUT2D eigenvalue weighted by molar-refractivity contribution is 0.0697. The number of hydrogen-bond donors (Lipinski definition) is 1. The molecule has 124 valence electrons. The molecular weight excluding hydrogens is 324 g/mol. The van der Waals surface area contributed by atoms with Crippen LogP contribution < -0.4 is 0 Å². The monoisotopic (exact) mass is 342 g/mol. The highest BCUT2D eigenvalue weighted by molar-refractivity contribution is 7.85. The minimum atomic E-state index is -1.02. The van der Waals surface area contributed by atoms with Gasteiger partial charge >= 0.3 is 5.97 Å². The van der Waals surface area contributed by atoms with Crippen molar-refractivity contribution in [2.24, 2.45) is 0 Å². The molecule has 1 atom stereocenters. The Morgan fingerprint density at radius 1 is 1.25 bits per heavy atom. The molecule has 5 nitrogen and oxygen atoms in total. The van der Waals surface area contributed by atoms with E-state index >= 15 is 0 Å². The summed E-state index contributed by atoms with van der Waals surface area (Å²) in [4.78, 5) is 16.1. The Labute approximate surface area is 142 Å². The number of hydrogen-bond acceptors (Lipinski definition) is 3. The molecule has 3 aromatic rings. The number of benzene rings is 1. The Bertz CT molecular complexity index is 900. The second-order valence-corrected chi connectivity index (χ2v) is 7.10. The van der Waals surface area contributed by atoms with Gasteiger partial charge in [-0.25, -0.2) is 9.78 Å². The summed E-state index contributed by atoms with van der Waals surface area (Å²) < 4.78 is 14.1. The van der Waals surface area contributed by atoms with Gasteiger partial charge in [0, 0.05) is 29.2 Å². The number of pyridine rings is 1. The lowest BCUT2D eigenvalue weighted by Crippen LogP contribution is -2.00. The van der Waals surface area contributed by atoms with Gasteiger partial charge in [-0.15, -0.1) is 0 Å². The predicted octanol–water partition coefficient (Wildman–Crippen LogP) is 3.63. The van der Waals surface area contributed by atoms with Crippen molar-refractivity contribution in [3.8, 4) is 5.69 Å². The smallest absolute Gasteiger partial charge is 0.335 e. The molecule has 0 saturated heterocycles. The van der Waals surface area contributed by atoms with Crippen LogP contribution in [-0.4, -0.2) is 30.6 Å². The van der Waals surface area contributed by atoms with E-state index in [4.69, 9.17) is 5.11 Å². The van der Waals surface area contributed by atoms with Crippen LogP contribution in [0.3, 0.4) is 0 Å². The third-order valence-corrected chi connectivity index (χ3v) is 5.25. The molecule has 0 amide bonds. The minimum Gasteiger partial charge on any atom is -0.478 e. The summed E-state index contributed by atoms with van der Waals surface area (Å²) in [7, 11) is -1.02. The van der Waals surface area contributed by atoms with E-state index in [9.17, 15) is 9.00 Å². The van der Waals surface area contributed by atoms with Crippen LogP contribution in [-0.2, 0) is 10.8 Å². The summed E-state index contributed by atoms with van der Waals surface area (Å²) in [6, 6.07) is 10.5. The number of rotatable bonds is 6. The van der Waals surface area contributed by atoms with Crippen molar-refractivity contribution in [3.05, 3.63) is 54.4 Å². The number of carbonyl (C=O) groups is 1. The highest BCUT2D eigenvalue weighted by atomic mass is 32.2. The molecule has 24 heavy (non-hydrogen) atoms. The summed E-state index contributed by atoms with van der Waals surface area (Å²) >= 11 is 0. The van der Waals surface area contributed by atoms with Gasteiger partial charge in [0.25, 0.3) is 0 Å². The second kappa shape index (κ2) is 6.97. The molecule has 0 aliphatic rings. The molecule has 1 N–H and O–H groups in total. The minimum absolute atomic E-state index is 0.247. The third kappa shape index (κ3) is 3.23. The molecule has 1 aromatic carbocycles. The van der Waals surface area contributed by atoms with Gasteiger partial charge in [-0.1, -0.05) is 13.3 Å². The Hall–Kier alpha value is -2.47. The normalized spacial score (nSPS) is 12.4. The topological polar surface area (TPSA) is 72.2 Å². The average molecular weight is 342 g/mol. The predicted molar refractivity (Wildman–Crippen MR) is 94.2 cm³/mol. The number of carboxylic acid groups (broad SMARTS) is 1. The third-order valence-electron chi connectivity index (χ3n) is 3.84. The van der Waals surface area contributed by atoms with Gasteiger partial charge in [-0.3, -0.25) is 4.21 Å². The molecule has 3 rings (SSSR count). The van der Waals surface area contributed by atoms with Crippen LogP contribution >= 0.6 is 0 Å². The number of unbranched alkanes of at least 4 members (excludes halogenated alkanes) is 1. The first-order valence-electron chi connectivity index (χ1n) is 7.79. The quantitative estimate of drug-likeness (QED) is 0.742. The fourth-order valence-electron chi connectivity index (χ4n) is 2.49. The number of carboxylic acids is 1. The Kier molecular flexibility index (Phi) is 4.76. The van der Waals surface area contributed by atoms with Gasteiger partial charge in [-0.2, -0.15) is 0 Å². The van der Waals surface area contributed by atoms with E-state index in [-0.39, 0.29) is 5.56 Å². The van der Waals surface area contributed by atoms with Crippen LogP contribution in [0.25, 0.3) is 16.7 Å². The van der Waals surface area contributed by atoms with Crippen molar-refractivity contribution in [3.63, 3.8) is 0 Å². The van der Waals surface area contributed by atoms with E-state index in [2.05, 4.69) is 11.9 Å². The zero-order valence-electron chi connectivity index (χ0n) is 13.3. The maximum atomic E-state index is 12.2. The van der Waals surface area contributed by atoms with Crippen LogP contribution in [0.1, 0.15) is 30.1 Å². The zero-order chi connectivity index (χ0) is 17.1. The van der Waals surface area contributed by atoms with Crippen LogP contribution in [0, 0.1) is 0 Å². The van der Waals surface area contributed by atoms with Crippen molar-refractivity contribution in [2.75, 3.05) is 5.75 Å². The van der Waals surface area contributed by atoms with E-state index in [1.54, 1.807) is 30.5 Å². The lowest BCUT2D eigenvalue weighted by Gasteiger charge is -2.06. The number of aromatic carboxylic acids is 1. The SMILES string of the molecule is CCCCS(=O)c1cnc2c(ccn2-c2ccc(C(=O)O)cc2)c1. The molecule has 1 unspecified atom stereocenters. The molecule has 0 spiro atoms. The number of nitrogens with zero attached hydrogens (tertiary/aromatic N) is 2. The van der Waals surface area contributed by atoms with Crippen molar-refractivity contribution in [2.45, 2.75) is 24.7 Å². The summed E-state index contributed by atoms with van der Waals surface area (Å²) in [5.41, 5.74) is 1.84. The molecule has 0 saturated carbocycles. The highest BCUT2D eigenvalue weighted by Crippen LogP contribution is 2.21. The molecule has 0 aliphatic carbocycles. The molecule has 0 bridgehead atoms. The number of aromatic nitrogens is 2. The van der Waals surface area contributed by atoms with Crippen LogP contribution in [0.2, 0.25) is 0 Å². The Balaban J connectivity index is 1.93. The summed E-state index contributed by atoms with van der Waals surface area (Å²) in [5, 5.41) is 9.89. The first-order chi connectivity index (χ1) is 11.6. The summed E-state index contributed by atoms with van der Waals surface area (Å²) in [5.74, 6) is -0.294. The van der Waals surface area contributed by atoms with Gasteiger partial charge < -0.3 is 9.67 Å². The standard InChI is InChI=1S/C18H18N2O3S/c1-2-3-10-24(23)16-11-14-8-9-20(17(14)19-12-16)15-6-4-13(5-7-15)18(21)22/h4-9,11-12H,2-3,10H2,1H3,(H,21,22). The van der Waals surface area contributed by atoms with Crippen molar-refractivity contribution >= 4 is 27.8 Å². The van der Waals surface area contributed by atoms with Crippen molar-refractivity contribution < 1.29 is 14.1 Å². The Morgan fingerprint density at radius 3 is 2.67 bits per heavy atom. The fourth-order valence-corrected chi connectivity index (χ4v) is 3.71. The van der Waals surface area contributed by atoms with Gasteiger partial charge in [0.05, 0.1) is 21.3 Å². The van der Waals surface area contributed by atoms with Crippen LogP contribution in [0.15, 0.2) is 53.7 Å². The molecule has 0 radical (unpaired) electrons. The van der Waals surface area contributed by atoms with Crippen LogP contribution in [0.4, 0.5) is 0 Å². The molecule has 0 fully saturated rings. The first-order valence-corrected chi connectivity index (χ1v) is 9.11. The largest absolute Gasteiger partial charge is 0.478 e. The second-order valence-electron chi connectivity index (χ2n) is 5.52. The Morgan fingerprint density at radius 2 is 2.00 bits per heavy atom. The zero-order valence-corrected chi connectivity index (χ0v) is 14.1. The van der Waals surface area contributed by atoms with E-state index < -0.39 is 16.8 Å². The van der Waals surface area contributed by atoms with Gasteiger partial charge in [0.15, 0.2) is 0 Å². The van der Waals surface area contributed by atoms with E-state index in [1.165, 1.54) is 0 Å². The van der Waals surface area contributed by atoms with Crippen LogP contribution in [0.5, 0.6) is 0 Å². The fraction of sp³-hybridized carbons (Fsp3) is 0.222. The molecule has 6 heteroatoms. The van der Waals surface area contributed by atoms with Crippen molar-refractivity contribution in [1.29, 1.82) is 0 Å². The number of fused-ring (bicyclic) bond motifs is 1. The summed E-state index contributed by atoms with van der Waals surface area (Å²) in [6.07, 6.45) is 5.49. The van der Waals surface area contributed by atoms with Crippen molar-refractivity contribution in [1.82, 2.24) is 9.55 Å². The van der Waals surface area contributed by atoms with Gasteiger partial charge in [0.2, 0.25) is 0 Å². The van der Waals surface area contributed by atoms with E-state index in [1.807, 2.05) is 22.9 Å². The van der Waals surface area contributed by atoms with Gasteiger partial charge in [-0.05, 0) is 42.8 Å². The average Bonchev–Trinajstić information content (AvgIpc) is 3.02. The molecular formula is C18H18N2O3S.